The molecule has 1 atom stereocenters. The summed E-state index contributed by atoms with van der Waals surface area (Å²) in [5.41, 5.74) is 2.62. The molecule has 1 rings (SSSR count). The minimum atomic E-state index is 0.519. The number of rotatable bonds is 7. The van der Waals surface area contributed by atoms with Gasteiger partial charge in [-0.3, -0.25) is 0 Å². The monoisotopic (exact) mass is 277 g/mol. The van der Waals surface area contributed by atoms with Crippen LogP contribution in [0.25, 0.3) is 0 Å². The number of nitrogens with zero attached hydrogens (tertiary/aromatic N) is 1. The molecule has 0 saturated carbocycles. The summed E-state index contributed by atoms with van der Waals surface area (Å²) in [4.78, 5) is 0. The molecule has 0 amide bonds. The third-order valence-corrected chi connectivity index (χ3v) is 3.76. The summed E-state index contributed by atoms with van der Waals surface area (Å²) in [5.74, 6) is 2.91. The molecule has 0 saturated heterocycles. The molecular formula is C16H23NOS. The van der Waals surface area contributed by atoms with Crippen molar-refractivity contribution in [3.8, 4) is 11.2 Å². The van der Waals surface area contributed by atoms with Crippen molar-refractivity contribution in [2.75, 3.05) is 12.4 Å². The largest absolute Gasteiger partial charge is 0.493 e. The number of nitriles is 1. The van der Waals surface area contributed by atoms with E-state index in [0.29, 0.717) is 11.8 Å². The van der Waals surface area contributed by atoms with E-state index in [-0.39, 0.29) is 0 Å². The standard InChI is InChI=1S/C16H23NOS/c1-12(2)9-18-16-6-5-15(14(4)8-16)7-13(3)10-19-11-17/h5-6,8,12-13H,7,9-10H2,1-4H3. The molecule has 2 nitrogen and oxygen atoms in total. The van der Waals surface area contributed by atoms with Crippen molar-refractivity contribution in [2.24, 2.45) is 11.8 Å². The first kappa shape index (κ1) is 15.9. The van der Waals surface area contributed by atoms with E-state index in [4.69, 9.17) is 10.00 Å². The smallest absolute Gasteiger partial charge is 0.133 e. The molecule has 1 aromatic rings. The molecule has 0 spiro atoms. The Labute approximate surface area is 121 Å². The predicted molar refractivity (Wildman–Crippen MR) is 82.5 cm³/mol. The normalized spacial score (nSPS) is 12.2. The predicted octanol–water partition coefficient (Wildman–Crippen LogP) is 4.42. The van der Waals surface area contributed by atoms with Crippen molar-refractivity contribution in [2.45, 2.75) is 34.1 Å². The van der Waals surface area contributed by atoms with Gasteiger partial charge in [0.15, 0.2) is 0 Å². The molecule has 1 aromatic carbocycles. The molecule has 0 aliphatic carbocycles. The molecule has 0 aromatic heterocycles. The number of thiocyanates is 1. The maximum Gasteiger partial charge on any atom is 0.133 e. The minimum Gasteiger partial charge on any atom is -0.493 e. The van der Waals surface area contributed by atoms with Crippen LogP contribution in [-0.4, -0.2) is 12.4 Å². The number of benzene rings is 1. The lowest BCUT2D eigenvalue weighted by atomic mass is 9.98. The van der Waals surface area contributed by atoms with Crippen LogP contribution < -0.4 is 4.74 Å². The van der Waals surface area contributed by atoms with Crippen molar-refractivity contribution in [1.29, 1.82) is 5.26 Å². The second-order valence-electron chi connectivity index (χ2n) is 5.50. The lowest BCUT2D eigenvalue weighted by Crippen LogP contribution is -2.06. The fraction of sp³-hybridized carbons (Fsp3) is 0.562. The van der Waals surface area contributed by atoms with Gasteiger partial charge in [0.1, 0.15) is 11.2 Å². The van der Waals surface area contributed by atoms with Gasteiger partial charge in [0.2, 0.25) is 0 Å². The van der Waals surface area contributed by atoms with Crippen LogP contribution in [-0.2, 0) is 6.42 Å². The highest BCUT2D eigenvalue weighted by atomic mass is 32.2. The molecule has 0 aliphatic rings. The maximum atomic E-state index is 8.57. The van der Waals surface area contributed by atoms with Gasteiger partial charge >= 0.3 is 0 Å². The molecule has 104 valence electrons. The second-order valence-corrected chi connectivity index (χ2v) is 6.31. The van der Waals surface area contributed by atoms with Crippen molar-refractivity contribution in [3.05, 3.63) is 29.3 Å². The average molecular weight is 277 g/mol. The van der Waals surface area contributed by atoms with Gasteiger partial charge in [-0.15, -0.1) is 0 Å². The molecule has 0 heterocycles. The first-order valence-electron chi connectivity index (χ1n) is 6.76. The van der Waals surface area contributed by atoms with Crippen molar-refractivity contribution >= 4 is 11.8 Å². The molecule has 0 radical (unpaired) electrons. The van der Waals surface area contributed by atoms with Crippen LogP contribution in [0.3, 0.4) is 0 Å². The lowest BCUT2D eigenvalue weighted by molar-refractivity contribution is 0.271. The summed E-state index contributed by atoms with van der Waals surface area (Å²) >= 11 is 1.34. The summed E-state index contributed by atoms with van der Waals surface area (Å²) in [6.07, 6.45) is 1.02. The van der Waals surface area contributed by atoms with Crippen molar-refractivity contribution in [1.82, 2.24) is 0 Å². The Morgan fingerprint density at radius 1 is 1.32 bits per heavy atom. The zero-order valence-electron chi connectivity index (χ0n) is 12.3. The van der Waals surface area contributed by atoms with Gasteiger partial charge in [0, 0.05) is 5.75 Å². The number of aryl methyl sites for hydroxylation is 1. The summed E-state index contributed by atoms with van der Waals surface area (Å²) in [6.45, 7) is 9.37. The Kier molecular flexibility index (Phi) is 6.80. The second kappa shape index (κ2) is 8.12. The Balaban J connectivity index is 2.59. The number of ether oxygens (including phenoxy) is 1. The zero-order chi connectivity index (χ0) is 14.3. The lowest BCUT2D eigenvalue weighted by Gasteiger charge is -2.14. The van der Waals surface area contributed by atoms with Crippen LogP contribution in [0.1, 0.15) is 31.9 Å². The van der Waals surface area contributed by atoms with E-state index in [2.05, 4.69) is 51.3 Å². The average Bonchev–Trinajstić information content (AvgIpc) is 2.36. The molecule has 0 fully saturated rings. The topological polar surface area (TPSA) is 33.0 Å². The Morgan fingerprint density at radius 2 is 2.05 bits per heavy atom. The van der Waals surface area contributed by atoms with Gasteiger partial charge in [0.05, 0.1) is 6.61 Å². The zero-order valence-corrected chi connectivity index (χ0v) is 13.1. The first-order valence-corrected chi connectivity index (χ1v) is 7.74. The van der Waals surface area contributed by atoms with Crippen LogP contribution >= 0.6 is 11.8 Å². The minimum absolute atomic E-state index is 0.519. The van der Waals surface area contributed by atoms with Gasteiger partial charge in [-0.25, -0.2) is 0 Å². The van der Waals surface area contributed by atoms with Crippen LogP contribution in [0.5, 0.6) is 5.75 Å². The van der Waals surface area contributed by atoms with E-state index in [1.165, 1.54) is 22.9 Å². The highest BCUT2D eigenvalue weighted by molar-refractivity contribution is 8.03. The van der Waals surface area contributed by atoms with Gasteiger partial charge in [-0.2, -0.15) is 5.26 Å². The Hall–Kier alpha value is -1.14. The number of hydrogen-bond acceptors (Lipinski definition) is 3. The van der Waals surface area contributed by atoms with Gasteiger partial charge in [-0.1, -0.05) is 26.8 Å². The maximum absolute atomic E-state index is 8.57. The van der Waals surface area contributed by atoms with Gasteiger partial charge in [-0.05, 0) is 60.2 Å². The quantitative estimate of drug-likeness (QED) is 0.692. The van der Waals surface area contributed by atoms with E-state index in [9.17, 15) is 0 Å². The third kappa shape index (κ3) is 6.02. The van der Waals surface area contributed by atoms with Crippen LogP contribution in [0.2, 0.25) is 0 Å². The first-order chi connectivity index (χ1) is 9.02. The van der Waals surface area contributed by atoms with E-state index < -0.39 is 0 Å². The van der Waals surface area contributed by atoms with Crippen LogP contribution in [0.15, 0.2) is 18.2 Å². The van der Waals surface area contributed by atoms with E-state index >= 15 is 0 Å². The fourth-order valence-corrected chi connectivity index (χ4v) is 2.34. The van der Waals surface area contributed by atoms with Gasteiger partial charge < -0.3 is 4.74 Å². The molecule has 19 heavy (non-hydrogen) atoms. The molecule has 1 unspecified atom stereocenters. The molecule has 3 heteroatoms. The number of hydrogen-bond donors (Lipinski definition) is 0. The summed E-state index contributed by atoms with van der Waals surface area (Å²) in [7, 11) is 0. The molecule has 0 bridgehead atoms. The van der Waals surface area contributed by atoms with Crippen LogP contribution in [0.4, 0.5) is 0 Å². The van der Waals surface area contributed by atoms with E-state index in [1.807, 2.05) is 0 Å². The van der Waals surface area contributed by atoms with Crippen molar-refractivity contribution < 1.29 is 4.74 Å². The highest BCUT2D eigenvalue weighted by Gasteiger charge is 2.07. The van der Waals surface area contributed by atoms with Crippen LogP contribution in [0, 0.1) is 29.4 Å². The van der Waals surface area contributed by atoms with E-state index in [0.717, 1.165) is 24.5 Å². The Bertz CT molecular complexity index is 437. The molecule has 0 N–H and O–H groups in total. The Morgan fingerprint density at radius 3 is 2.63 bits per heavy atom. The summed E-state index contributed by atoms with van der Waals surface area (Å²) in [6, 6.07) is 6.31. The number of thioether (sulfide) groups is 1. The SMILES string of the molecule is Cc1cc(OCC(C)C)ccc1CC(C)CSC#N. The van der Waals surface area contributed by atoms with Gasteiger partial charge in [0.25, 0.3) is 0 Å². The third-order valence-electron chi connectivity index (χ3n) is 2.90. The summed E-state index contributed by atoms with van der Waals surface area (Å²) in [5, 5.41) is 10.7. The van der Waals surface area contributed by atoms with E-state index in [1.54, 1.807) is 0 Å². The highest BCUT2D eigenvalue weighted by Crippen LogP contribution is 2.21. The van der Waals surface area contributed by atoms with Crippen molar-refractivity contribution in [3.63, 3.8) is 0 Å². The summed E-state index contributed by atoms with van der Waals surface area (Å²) < 4.78 is 5.73. The molecule has 0 aliphatic heterocycles. The fourth-order valence-electron chi connectivity index (χ4n) is 1.86. The molecular weight excluding hydrogens is 254 g/mol.